The minimum atomic E-state index is -0.170. The first kappa shape index (κ1) is 15.8. The predicted octanol–water partition coefficient (Wildman–Crippen LogP) is 2.24. The van der Waals surface area contributed by atoms with Crippen LogP contribution >= 0.6 is 11.6 Å². The monoisotopic (exact) mass is 285 g/mol. The van der Waals surface area contributed by atoms with E-state index in [1.165, 1.54) is 0 Å². The molecule has 106 valence electrons. The van der Waals surface area contributed by atoms with Gasteiger partial charge in [-0.15, -0.1) is 0 Å². The zero-order chi connectivity index (χ0) is 14.1. The van der Waals surface area contributed by atoms with E-state index < -0.39 is 0 Å². The van der Waals surface area contributed by atoms with Crippen molar-refractivity contribution < 1.29 is 14.6 Å². The molecule has 0 radical (unpaired) electrons. The van der Waals surface area contributed by atoms with Crippen molar-refractivity contribution in [2.75, 3.05) is 19.8 Å². The molecule has 0 aliphatic rings. The van der Waals surface area contributed by atoms with Crippen LogP contribution in [0.1, 0.15) is 19.8 Å². The van der Waals surface area contributed by atoms with Crippen molar-refractivity contribution in [3.8, 4) is 5.75 Å². The molecule has 0 bridgehead atoms. The average Bonchev–Trinajstić information content (AvgIpc) is 2.42. The molecular formula is C14H20ClNO3. The normalized spacial score (nSPS) is 11.9. The van der Waals surface area contributed by atoms with Crippen molar-refractivity contribution in [3.05, 3.63) is 29.3 Å². The molecule has 1 aromatic rings. The molecule has 1 rings (SSSR count). The Morgan fingerprint density at radius 3 is 2.89 bits per heavy atom. The molecule has 19 heavy (non-hydrogen) atoms. The highest BCUT2D eigenvalue weighted by Gasteiger charge is 2.05. The van der Waals surface area contributed by atoms with Gasteiger partial charge < -0.3 is 15.2 Å². The second-order valence-corrected chi connectivity index (χ2v) is 4.91. The van der Waals surface area contributed by atoms with Crippen LogP contribution in [0.15, 0.2) is 24.3 Å². The average molecular weight is 286 g/mol. The quantitative estimate of drug-likeness (QED) is 0.720. The highest BCUT2D eigenvalue weighted by Crippen LogP contribution is 2.22. The molecular weight excluding hydrogens is 266 g/mol. The maximum absolute atomic E-state index is 11.5. The highest BCUT2D eigenvalue weighted by atomic mass is 35.5. The Balaban J connectivity index is 2.16. The molecule has 1 atom stereocenters. The number of nitrogens with one attached hydrogen (secondary N) is 1. The summed E-state index contributed by atoms with van der Waals surface area (Å²) in [4.78, 5) is 11.5. The zero-order valence-electron chi connectivity index (χ0n) is 11.1. The third-order valence-corrected chi connectivity index (χ3v) is 3.02. The van der Waals surface area contributed by atoms with Crippen molar-refractivity contribution in [3.63, 3.8) is 0 Å². The van der Waals surface area contributed by atoms with Gasteiger partial charge in [0.2, 0.25) is 0 Å². The van der Waals surface area contributed by atoms with E-state index in [0.29, 0.717) is 17.3 Å². The second-order valence-electron chi connectivity index (χ2n) is 4.50. The Hall–Kier alpha value is -1.26. The zero-order valence-corrected chi connectivity index (χ0v) is 11.8. The minimum Gasteiger partial charge on any atom is -0.482 e. The molecule has 1 aromatic carbocycles. The maximum atomic E-state index is 11.5. The van der Waals surface area contributed by atoms with E-state index in [1.54, 1.807) is 24.3 Å². The molecule has 0 saturated carbocycles. The van der Waals surface area contributed by atoms with Crippen molar-refractivity contribution in [1.82, 2.24) is 5.32 Å². The number of amides is 1. The summed E-state index contributed by atoms with van der Waals surface area (Å²) in [5.41, 5.74) is 0. The van der Waals surface area contributed by atoms with Crippen LogP contribution in [0.2, 0.25) is 5.02 Å². The molecule has 0 saturated heterocycles. The van der Waals surface area contributed by atoms with Gasteiger partial charge in [-0.1, -0.05) is 30.7 Å². The van der Waals surface area contributed by atoms with E-state index >= 15 is 0 Å². The SMILES string of the molecule is CC(CO)CCCNC(=O)COc1ccccc1Cl. The molecule has 0 aliphatic heterocycles. The smallest absolute Gasteiger partial charge is 0.257 e. The molecule has 2 N–H and O–H groups in total. The predicted molar refractivity (Wildman–Crippen MR) is 75.4 cm³/mol. The van der Waals surface area contributed by atoms with Gasteiger partial charge in [0, 0.05) is 13.2 Å². The van der Waals surface area contributed by atoms with Crippen LogP contribution in [0, 0.1) is 5.92 Å². The second kappa shape index (κ2) is 8.77. The summed E-state index contributed by atoms with van der Waals surface area (Å²) in [5, 5.41) is 12.1. The lowest BCUT2D eigenvalue weighted by Crippen LogP contribution is -2.30. The summed E-state index contributed by atoms with van der Waals surface area (Å²) in [7, 11) is 0. The van der Waals surface area contributed by atoms with Gasteiger partial charge in [-0.2, -0.15) is 0 Å². The number of para-hydroxylation sites is 1. The lowest BCUT2D eigenvalue weighted by Gasteiger charge is -2.10. The van der Waals surface area contributed by atoms with Gasteiger partial charge in [0.25, 0.3) is 5.91 Å². The number of aliphatic hydroxyl groups excluding tert-OH is 1. The van der Waals surface area contributed by atoms with Crippen molar-refractivity contribution in [2.45, 2.75) is 19.8 Å². The maximum Gasteiger partial charge on any atom is 0.257 e. The third-order valence-electron chi connectivity index (χ3n) is 2.70. The Morgan fingerprint density at radius 2 is 2.21 bits per heavy atom. The number of halogens is 1. The molecule has 0 heterocycles. The number of rotatable bonds is 8. The van der Waals surface area contributed by atoms with Gasteiger partial charge in [0.05, 0.1) is 5.02 Å². The molecule has 0 aromatic heterocycles. The number of aliphatic hydroxyl groups is 1. The van der Waals surface area contributed by atoms with Crippen molar-refractivity contribution in [2.24, 2.45) is 5.92 Å². The number of carbonyl (C=O) groups excluding carboxylic acids is 1. The molecule has 1 amide bonds. The van der Waals surface area contributed by atoms with Gasteiger partial charge in [-0.25, -0.2) is 0 Å². The fraction of sp³-hybridized carbons (Fsp3) is 0.500. The van der Waals surface area contributed by atoms with Crippen LogP contribution in [0.3, 0.4) is 0 Å². The Bertz CT molecular complexity index is 398. The first-order valence-corrected chi connectivity index (χ1v) is 6.76. The van der Waals surface area contributed by atoms with Crippen LogP contribution in [-0.4, -0.2) is 30.8 Å². The van der Waals surface area contributed by atoms with Gasteiger partial charge in [-0.3, -0.25) is 4.79 Å². The minimum absolute atomic E-state index is 0.0424. The number of carbonyl (C=O) groups is 1. The van der Waals surface area contributed by atoms with E-state index in [9.17, 15) is 4.79 Å². The van der Waals surface area contributed by atoms with Gasteiger partial charge in [0.15, 0.2) is 6.61 Å². The fourth-order valence-corrected chi connectivity index (χ4v) is 1.72. The fourth-order valence-electron chi connectivity index (χ4n) is 1.53. The van der Waals surface area contributed by atoms with Crippen LogP contribution in [0.5, 0.6) is 5.75 Å². The van der Waals surface area contributed by atoms with Crippen LogP contribution < -0.4 is 10.1 Å². The van der Waals surface area contributed by atoms with E-state index in [0.717, 1.165) is 12.8 Å². The molecule has 5 heteroatoms. The number of hydrogen-bond acceptors (Lipinski definition) is 3. The van der Waals surface area contributed by atoms with E-state index in [4.69, 9.17) is 21.4 Å². The summed E-state index contributed by atoms with van der Waals surface area (Å²) >= 11 is 5.90. The molecule has 4 nitrogen and oxygen atoms in total. The summed E-state index contributed by atoms with van der Waals surface area (Å²) in [6.07, 6.45) is 1.74. The van der Waals surface area contributed by atoms with Crippen LogP contribution in [0.25, 0.3) is 0 Å². The third kappa shape index (κ3) is 6.45. The van der Waals surface area contributed by atoms with Gasteiger partial charge in [-0.05, 0) is 30.9 Å². The van der Waals surface area contributed by atoms with Gasteiger partial charge >= 0.3 is 0 Å². The summed E-state index contributed by atoms with van der Waals surface area (Å²) in [5.74, 6) is 0.612. The standard InChI is InChI=1S/C14H20ClNO3/c1-11(9-17)5-4-8-16-14(18)10-19-13-7-3-2-6-12(13)15/h2-3,6-7,11,17H,4-5,8-10H2,1H3,(H,16,18). The molecule has 0 aliphatic carbocycles. The largest absolute Gasteiger partial charge is 0.482 e. The summed E-state index contributed by atoms with van der Waals surface area (Å²) < 4.78 is 5.31. The first-order valence-electron chi connectivity index (χ1n) is 6.38. The summed E-state index contributed by atoms with van der Waals surface area (Å²) in [6.45, 7) is 2.71. The number of benzene rings is 1. The first-order chi connectivity index (χ1) is 9.13. The summed E-state index contributed by atoms with van der Waals surface area (Å²) in [6, 6.07) is 7.04. The molecule has 0 spiro atoms. The van der Waals surface area contributed by atoms with Crippen LogP contribution in [-0.2, 0) is 4.79 Å². The Morgan fingerprint density at radius 1 is 1.47 bits per heavy atom. The van der Waals surface area contributed by atoms with Crippen molar-refractivity contribution in [1.29, 1.82) is 0 Å². The number of hydrogen-bond donors (Lipinski definition) is 2. The lowest BCUT2D eigenvalue weighted by molar-refractivity contribution is -0.123. The molecule has 0 fully saturated rings. The Labute approximate surface area is 118 Å². The number of ether oxygens (including phenoxy) is 1. The van der Waals surface area contributed by atoms with E-state index in [-0.39, 0.29) is 25.0 Å². The molecule has 1 unspecified atom stereocenters. The van der Waals surface area contributed by atoms with E-state index in [2.05, 4.69) is 5.32 Å². The van der Waals surface area contributed by atoms with E-state index in [1.807, 2.05) is 6.92 Å². The lowest BCUT2D eigenvalue weighted by atomic mass is 10.1. The van der Waals surface area contributed by atoms with Gasteiger partial charge in [0.1, 0.15) is 5.75 Å². The van der Waals surface area contributed by atoms with Crippen molar-refractivity contribution >= 4 is 17.5 Å². The topological polar surface area (TPSA) is 58.6 Å². The highest BCUT2D eigenvalue weighted by molar-refractivity contribution is 6.32. The Kier molecular flexibility index (Phi) is 7.30. The van der Waals surface area contributed by atoms with Crippen LogP contribution in [0.4, 0.5) is 0 Å².